The summed E-state index contributed by atoms with van der Waals surface area (Å²) in [5, 5.41) is 12.2. The fourth-order valence-corrected chi connectivity index (χ4v) is 1.25. The van der Waals surface area contributed by atoms with E-state index in [1.165, 1.54) is 0 Å². The van der Waals surface area contributed by atoms with Gasteiger partial charge in [-0.1, -0.05) is 46.6 Å². The summed E-state index contributed by atoms with van der Waals surface area (Å²) in [7, 11) is 0. The summed E-state index contributed by atoms with van der Waals surface area (Å²) in [5.41, 5.74) is 0.331. The summed E-state index contributed by atoms with van der Waals surface area (Å²) in [6.07, 6.45) is 6.42. The lowest BCUT2D eigenvalue weighted by Crippen LogP contribution is -2.18. The molecule has 0 saturated heterocycles. The monoisotopic (exact) mass is 277 g/mol. The molecule has 0 saturated carbocycles. The normalized spacial score (nSPS) is 20.9. The number of hydrogen-bond donors (Lipinski definition) is 1. The van der Waals surface area contributed by atoms with Crippen LogP contribution in [-0.2, 0) is 14.4 Å². The average molecular weight is 278 g/mol. The molecule has 1 aliphatic carbocycles. The zero-order valence-corrected chi connectivity index (χ0v) is 10.1. The van der Waals surface area contributed by atoms with Crippen molar-refractivity contribution < 1.29 is 19.5 Å². The van der Waals surface area contributed by atoms with Crippen LogP contribution in [0, 0.1) is 5.92 Å². The number of rotatable bonds is 4. The molecule has 1 atom stereocenters. The molecule has 5 nitrogen and oxygen atoms in total. The molecule has 0 aromatic heterocycles. The highest BCUT2D eigenvalue weighted by Crippen LogP contribution is 2.14. The van der Waals surface area contributed by atoms with E-state index >= 15 is 0 Å². The fraction of sp³-hybridized carbons (Fsp3) is 0.300. The van der Waals surface area contributed by atoms with E-state index in [-0.39, 0.29) is 6.42 Å². The van der Waals surface area contributed by atoms with Crippen molar-refractivity contribution in [1.29, 1.82) is 0 Å². The third-order valence-corrected chi connectivity index (χ3v) is 2.27. The summed E-state index contributed by atoms with van der Waals surface area (Å²) in [6, 6.07) is 0. The van der Waals surface area contributed by atoms with E-state index in [2.05, 4.69) is 9.99 Å². The summed E-state index contributed by atoms with van der Waals surface area (Å²) >= 11 is 10.5. The van der Waals surface area contributed by atoms with E-state index in [4.69, 9.17) is 28.3 Å². The molecule has 0 spiro atoms. The van der Waals surface area contributed by atoms with E-state index in [9.17, 15) is 9.59 Å². The van der Waals surface area contributed by atoms with Gasteiger partial charge >= 0.3 is 11.9 Å². The van der Waals surface area contributed by atoms with Crippen molar-refractivity contribution in [3.63, 3.8) is 0 Å². The Bertz CT molecular complexity index is 401. The first kappa shape index (κ1) is 13.7. The van der Waals surface area contributed by atoms with Crippen molar-refractivity contribution in [3.8, 4) is 0 Å². The molecule has 1 aliphatic rings. The van der Waals surface area contributed by atoms with Crippen molar-refractivity contribution in [2.24, 2.45) is 11.1 Å². The molecule has 92 valence electrons. The molecule has 1 unspecified atom stereocenters. The summed E-state index contributed by atoms with van der Waals surface area (Å²) < 4.78 is 0. The van der Waals surface area contributed by atoms with Crippen LogP contribution in [0.25, 0.3) is 0 Å². The van der Waals surface area contributed by atoms with E-state index in [0.717, 1.165) is 0 Å². The number of oxime groups is 1. The average Bonchev–Trinajstić information content (AvgIpc) is 2.26. The van der Waals surface area contributed by atoms with Crippen LogP contribution in [0.2, 0.25) is 0 Å². The highest BCUT2D eigenvalue weighted by Gasteiger charge is 2.19. The molecular formula is C10H9Cl2NO4. The van der Waals surface area contributed by atoms with Crippen LogP contribution in [0.1, 0.15) is 6.42 Å². The first-order valence-corrected chi connectivity index (χ1v) is 5.51. The lowest BCUT2D eigenvalue weighted by Gasteiger charge is -2.12. The van der Waals surface area contributed by atoms with Crippen molar-refractivity contribution in [2.75, 3.05) is 0 Å². The number of allylic oxidation sites excluding steroid dienone is 4. The molecule has 0 aromatic rings. The molecule has 0 aliphatic heterocycles. The number of hydrogen-bond acceptors (Lipinski definition) is 4. The smallest absolute Gasteiger partial charge is 0.367 e. The van der Waals surface area contributed by atoms with Gasteiger partial charge in [-0.2, -0.15) is 0 Å². The quantitative estimate of drug-likeness (QED) is 0.484. The van der Waals surface area contributed by atoms with Crippen LogP contribution in [-0.4, -0.2) is 27.6 Å². The number of nitrogens with zero attached hydrogens (tertiary/aromatic N) is 1. The van der Waals surface area contributed by atoms with E-state index < -0.39 is 22.7 Å². The van der Waals surface area contributed by atoms with Crippen LogP contribution in [0.15, 0.2) is 29.5 Å². The number of carboxylic acid groups (broad SMARTS) is 1. The van der Waals surface area contributed by atoms with Crippen molar-refractivity contribution in [2.45, 2.75) is 11.3 Å². The zero-order chi connectivity index (χ0) is 12.8. The molecule has 7 heteroatoms. The Morgan fingerprint density at radius 3 is 2.76 bits per heavy atom. The van der Waals surface area contributed by atoms with Crippen LogP contribution in [0.4, 0.5) is 0 Å². The maximum absolute atomic E-state index is 11.0. The predicted molar refractivity (Wildman–Crippen MR) is 63.0 cm³/mol. The first-order valence-electron chi connectivity index (χ1n) is 4.64. The Hall–Kier alpha value is -1.33. The van der Waals surface area contributed by atoms with Gasteiger partial charge in [0.05, 0.1) is 12.1 Å². The molecule has 0 aromatic carbocycles. The van der Waals surface area contributed by atoms with Gasteiger partial charge in [-0.05, 0) is 6.08 Å². The molecule has 0 amide bonds. The summed E-state index contributed by atoms with van der Waals surface area (Å²) in [6.45, 7) is 0. The van der Waals surface area contributed by atoms with Crippen molar-refractivity contribution in [1.82, 2.24) is 0 Å². The molecule has 1 rings (SSSR count). The largest absolute Gasteiger partial charge is 0.481 e. The Morgan fingerprint density at radius 2 is 2.18 bits per heavy atom. The first-order chi connectivity index (χ1) is 8.00. The van der Waals surface area contributed by atoms with Crippen molar-refractivity contribution >= 4 is 40.9 Å². The molecule has 1 N–H and O–H groups in total. The summed E-state index contributed by atoms with van der Waals surface area (Å²) in [5.74, 6) is -2.31. The maximum atomic E-state index is 11.0. The van der Waals surface area contributed by atoms with E-state index in [1.807, 2.05) is 0 Å². The number of aliphatic carboxylic acids is 1. The molecule has 0 bridgehead atoms. The van der Waals surface area contributed by atoms with Gasteiger partial charge in [-0.25, -0.2) is 4.79 Å². The Labute approximate surface area is 107 Å². The maximum Gasteiger partial charge on any atom is 0.367 e. The number of alkyl halides is 2. The van der Waals surface area contributed by atoms with Crippen LogP contribution >= 0.6 is 23.2 Å². The number of halogens is 2. The van der Waals surface area contributed by atoms with Crippen LogP contribution < -0.4 is 0 Å². The second-order valence-electron chi connectivity index (χ2n) is 3.18. The van der Waals surface area contributed by atoms with Gasteiger partial charge in [-0.3, -0.25) is 4.79 Å². The van der Waals surface area contributed by atoms with Gasteiger partial charge in [0.15, 0.2) is 0 Å². The second kappa shape index (κ2) is 6.42. The molecule has 0 radical (unpaired) electrons. The minimum absolute atomic E-state index is 0.137. The lowest BCUT2D eigenvalue weighted by atomic mass is 9.95. The SMILES string of the molecule is O=C(O)CC1C=CC=C/C1=N\OC(=O)C(Cl)Cl. The van der Waals surface area contributed by atoms with Gasteiger partial charge in [0.1, 0.15) is 0 Å². The topological polar surface area (TPSA) is 76.0 Å². The Balaban J connectivity index is 2.69. The predicted octanol–water partition coefficient (Wildman–Crippen LogP) is 1.91. The van der Waals surface area contributed by atoms with Gasteiger partial charge < -0.3 is 9.94 Å². The molecule has 0 heterocycles. The fourth-order valence-electron chi connectivity index (χ4n) is 1.17. The molecular weight excluding hydrogens is 269 g/mol. The number of carbonyl (C=O) groups excluding carboxylic acids is 1. The van der Waals surface area contributed by atoms with Gasteiger partial charge in [0.25, 0.3) is 0 Å². The third kappa shape index (κ3) is 4.58. The van der Waals surface area contributed by atoms with Crippen molar-refractivity contribution in [3.05, 3.63) is 24.3 Å². The Morgan fingerprint density at radius 1 is 1.47 bits per heavy atom. The third-order valence-electron chi connectivity index (χ3n) is 1.92. The van der Waals surface area contributed by atoms with E-state index in [0.29, 0.717) is 5.71 Å². The highest BCUT2D eigenvalue weighted by molar-refractivity contribution is 6.52. The van der Waals surface area contributed by atoms with Crippen LogP contribution in [0.5, 0.6) is 0 Å². The van der Waals surface area contributed by atoms with Crippen LogP contribution in [0.3, 0.4) is 0 Å². The zero-order valence-electron chi connectivity index (χ0n) is 8.55. The van der Waals surface area contributed by atoms with E-state index in [1.54, 1.807) is 24.3 Å². The van der Waals surface area contributed by atoms with Gasteiger partial charge in [-0.15, -0.1) is 0 Å². The minimum Gasteiger partial charge on any atom is -0.481 e. The number of carbonyl (C=O) groups is 2. The molecule has 0 fully saturated rings. The highest BCUT2D eigenvalue weighted by atomic mass is 35.5. The Kier molecular flexibility index (Phi) is 5.18. The lowest BCUT2D eigenvalue weighted by molar-refractivity contribution is -0.141. The van der Waals surface area contributed by atoms with Gasteiger partial charge in [0, 0.05) is 5.92 Å². The second-order valence-corrected chi connectivity index (χ2v) is 4.27. The minimum atomic E-state index is -1.32. The number of carboxylic acids is 1. The standard InChI is InChI=1S/C10H9Cl2NO4/c11-9(12)10(16)17-13-7-4-2-1-3-6(7)5-8(14)15/h1-4,6,9H,5H2,(H,14,15)/b13-7+. The van der Waals surface area contributed by atoms with Gasteiger partial charge in [0.2, 0.25) is 4.84 Å². The summed E-state index contributed by atoms with van der Waals surface area (Å²) in [4.78, 5) is 24.7. The molecule has 17 heavy (non-hydrogen) atoms.